The number of hydrogen-bond acceptors (Lipinski definition) is 5. The maximum absolute atomic E-state index is 12.1. The molecule has 0 saturated heterocycles. The third-order valence-electron chi connectivity index (χ3n) is 3.16. The van der Waals surface area contributed by atoms with Gasteiger partial charge in [0.05, 0.1) is 18.0 Å². The number of thioether (sulfide) groups is 1. The van der Waals surface area contributed by atoms with Gasteiger partial charge in [-0.1, -0.05) is 17.8 Å². The summed E-state index contributed by atoms with van der Waals surface area (Å²) in [5, 5.41) is 5.01. The first kappa shape index (κ1) is 17.9. The molecular formula is C16H20N4O3S. The number of nitrogens with zero attached hydrogens (tertiary/aromatic N) is 2. The van der Waals surface area contributed by atoms with E-state index in [1.807, 2.05) is 35.0 Å². The number of imidazole rings is 1. The number of rotatable bonds is 6. The maximum atomic E-state index is 12.1. The molecule has 2 aromatic rings. The van der Waals surface area contributed by atoms with Gasteiger partial charge in [-0.05, 0) is 26.0 Å². The molecule has 128 valence electrons. The number of amides is 3. The van der Waals surface area contributed by atoms with Gasteiger partial charge in [-0.2, -0.15) is 0 Å². The van der Waals surface area contributed by atoms with Gasteiger partial charge >= 0.3 is 6.03 Å². The second kappa shape index (κ2) is 8.39. The zero-order chi connectivity index (χ0) is 17.5. The molecule has 24 heavy (non-hydrogen) atoms. The quantitative estimate of drug-likeness (QED) is 0.782. The van der Waals surface area contributed by atoms with Gasteiger partial charge in [-0.3, -0.25) is 14.7 Å². The molecule has 7 nitrogen and oxygen atoms in total. The fourth-order valence-electron chi connectivity index (χ4n) is 1.96. The molecular weight excluding hydrogens is 328 g/mol. The first-order chi connectivity index (χ1) is 11.5. The number of carbonyl (C=O) groups is 2. The molecule has 0 fully saturated rings. The number of urea groups is 1. The van der Waals surface area contributed by atoms with E-state index < -0.39 is 11.3 Å². The summed E-state index contributed by atoms with van der Waals surface area (Å²) in [4.78, 5) is 27.8. The van der Waals surface area contributed by atoms with Crippen molar-refractivity contribution in [1.29, 1.82) is 0 Å². The summed E-state index contributed by atoms with van der Waals surface area (Å²) in [6.45, 7) is 3.97. The van der Waals surface area contributed by atoms with E-state index in [9.17, 15) is 9.59 Å². The van der Waals surface area contributed by atoms with E-state index >= 15 is 0 Å². The Morgan fingerprint density at radius 2 is 2.21 bits per heavy atom. The predicted molar refractivity (Wildman–Crippen MR) is 92.7 cm³/mol. The van der Waals surface area contributed by atoms with Crippen LogP contribution in [0.1, 0.15) is 13.8 Å². The zero-order valence-corrected chi connectivity index (χ0v) is 14.6. The summed E-state index contributed by atoms with van der Waals surface area (Å²) in [5.41, 5.74) is 0.880. The monoisotopic (exact) mass is 348 g/mol. The van der Waals surface area contributed by atoms with E-state index in [-0.39, 0.29) is 5.91 Å². The van der Waals surface area contributed by atoms with Gasteiger partial charge in [-0.25, -0.2) is 9.78 Å². The number of aromatic nitrogens is 2. The normalized spacial score (nSPS) is 11.6. The van der Waals surface area contributed by atoms with Gasteiger partial charge in [0.2, 0.25) is 5.91 Å². The van der Waals surface area contributed by atoms with Gasteiger partial charge in [0.25, 0.3) is 0 Å². The van der Waals surface area contributed by atoms with Crippen molar-refractivity contribution in [3.05, 3.63) is 36.7 Å². The lowest BCUT2D eigenvalue weighted by Crippen LogP contribution is -2.42. The average molecular weight is 348 g/mol. The molecule has 0 saturated carbocycles. The molecule has 1 aromatic heterocycles. The van der Waals surface area contributed by atoms with Crippen LogP contribution in [0.25, 0.3) is 5.69 Å². The fraction of sp³-hybridized carbons (Fsp3) is 0.312. The first-order valence-corrected chi connectivity index (χ1v) is 8.36. The summed E-state index contributed by atoms with van der Waals surface area (Å²) in [7, 11) is 1.61. The van der Waals surface area contributed by atoms with E-state index in [0.29, 0.717) is 11.7 Å². The van der Waals surface area contributed by atoms with Crippen molar-refractivity contribution in [1.82, 2.24) is 20.2 Å². The van der Waals surface area contributed by atoms with Crippen molar-refractivity contribution in [3.8, 4) is 11.4 Å². The highest BCUT2D eigenvalue weighted by Crippen LogP contribution is 2.26. The Labute approximate surface area is 144 Å². The molecule has 3 amide bonds. The number of imide groups is 1. The van der Waals surface area contributed by atoms with Crippen LogP contribution in [0.3, 0.4) is 0 Å². The van der Waals surface area contributed by atoms with E-state index in [1.165, 1.54) is 11.8 Å². The van der Waals surface area contributed by atoms with Crippen molar-refractivity contribution in [3.63, 3.8) is 0 Å². The summed E-state index contributed by atoms with van der Waals surface area (Å²) < 4.78 is 7.09. The van der Waals surface area contributed by atoms with Crippen molar-refractivity contribution in [2.45, 2.75) is 24.3 Å². The molecule has 1 heterocycles. The molecule has 0 bridgehead atoms. The van der Waals surface area contributed by atoms with Crippen LogP contribution < -0.4 is 15.4 Å². The Balaban J connectivity index is 2.09. The van der Waals surface area contributed by atoms with E-state index in [2.05, 4.69) is 15.6 Å². The minimum absolute atomic E-state index is 0.369. The topological polar surface area (TPSA) is 85.3 Å². The molecule has 1 unspecified atom stereocenters. The minimum Gasteiger partial charge on any atom is -0.497 e. The third-order valence-corrected chi connectivity index (χ3v) is 4.24. The second-order valence-corrected chi connectivity index (χ2v) is 6.20. The minimum atomic E-state index is -0.494. The Kier molecular flexibility index (Phi) is 6.25. The highest BCUT2D eigenvalue weighted by atomic mass is 32.2. The van der Waals surface area contributed by atoms with Gasteiger partial charge in [0.1, 0.15) is 5.75 Å². The van der Waals surface area contributed by atoms with Crippen LogP contribution in [0.4, 0.5) is 4.79 Å². The molecule has 0 aliphatic rings. The van der Waals surface area contributed by atoms with Crippen LogP contribution in [0, 0.1) is 0 Å². The lowest BCUT2D eigenvalue weighted by molar-refractivity contribution is -0.119. The Morgan fingerprint density at radius 1 is 1.42 bits per heavy atom. The highest BCUT2D eigenvalue weighted by Gasteiger charge is 2.19. The molecule has 0 aliphatic heterocycles. The molecule has 1 aromatic carbocycles. The molecule has 8 heteroatoms. The van der Waals surface area contributed by atoms with Gasteiger partial charge in [-0.15, -0.1) is 0 Å². The molecule has 0 radical (unpaired) electrons. The first-order valence-electron chi connectivity index (χ1n) is 7.48. The molecule has 0 spiro atoms. The second-order valence-electron chi connectivity index (χ2n) is 4.89. The van der Waals surface area contributed by atoms with Crippen LogP contribution in [0.2, 0.25) is 0 Å². The zero-order valence-electron chi connectivity index (χ0n) is 13.8. The fourth-order valence-corrected chi connectivity index (χ4v) is 2.85. The van der Waals surface area contributed by atoms with E-state index in [1.54, 1.807) is 27.2 Å². The highest BCUT2D eigenvalue weighted by molar-refractivity contribution is 8.00. The number of hydrogen-bond donors (Lipinski definition) is 2. The Morgan fingerprint density at radius 3 is 2.92 bits per heavy atom. The summed E-state index contributed by atoms with van der Waals surface area (Å²) in [5.74, 6) is 0.366. The largest absolute Gasteiger partial charge is 0.497 e. The SMILES string of the molecule is CCNC(=O)NC(=O)C(C)Sc1nccn1-c1cccc(OC)c1. The number of nitrogens with one attached hydrogen (secondary N) is 2. The summed E-state index contributed by atoms with van der Waals surface area (Å²) in [6, 6.07) is 7.05. The maximum Gasteiger partial charge on any atom is 0.321 e. The van der Waals surface area contributed by atoms with Crippen molar-refractivity contribution >= 4 is 23.7 Å². The number of ether oxygens (including phenoxy) is 1. The van der Waals surface area contributed by atoms with Crippen LogP contribution >= 0.6 is 11.8 Å². The molecule has 0 aliphatic carbocycles. The third kappa shape index (κ3) is 4.51. The van der Waals surface area contributed by atoms with Crippen molar-refractivity contribution < 1.29 is 14.3 Å². The van der Waals surface area contributed by atoms with Crippen LogP contribution in [0.5, 0.6) is 5.75 Å². The number of benzene rings is 1. The molecule has 1 atom stereocenters. The summed E-state index contributed by atoms with van der Waals surface area (Å²) in [6.07, 6.45) is 3.47. The van der Waals surface area contributed by atoms with Gasteiger partial charge in [0, 0.05) is 25.0 Å². The lowest BCUT2D eigenvalue weighted by atomic mass is 10.3. The van der Waals surface area contributed by atoms with Gasteiger partial charge < -0.3 is 10.1 Å². The molecule has 2 rings (SSSR count). The number of carbonyl (C=O) groups excluding carboxylic acids is 2. The van der Waals surface area contributed by atoms with Crippen LogP contribution in [-0.4, -0.2) is 40.4 Å². The molecule has 2 N–H and O–H groups in total. The standard InChI is InChI=1S/C16H20N4O3S/c1-4-17-15(22)19-14(21)11(2)24-16-18-8-9-20(16)12-6-5-7-13(10-12)23-3/h5-11H,4H2,1-3H3,(H2,17,19,21,22). The van der Waals surface area contributed by atoms with Crippen LogP contribution in [0.15, 0.2) is 41.8 Å². The Hall–Kier alpha value is -2.48. The van der Waals surface area contributed by atoms with E-state index in [0.717, 1.165) is 11.4 Å². The van der Waals surface area contributed by atoms with Crippen LogP contribution in [-0.2, 0) is 4.79 Å². The Bertz CT molecular complexity index is 717. The van der Waals surface area contributed by atoms with E-state index in [4.69, 9.17) is 4.74 Å². The van der Waals surface area contributed by atoms with Crippen molar-refractivity contribution in [2.75, 3.05) is 13.7 Å². The summed E-state index contributed by atoms with van der Waals surface area (Å²) >= 11 is 1.27. The van der Waals surface area contributed by atoms with Crippen molar-refractivity contribution in [2.24, 2.45) is 0 Å². The van der Waals surface area contributed by atoms with Gasteiger partial charge in [0.15, 0.2) is 5.16 Å². The average Bonchev–Trinajstić information content (AvgIpc) is 3.03. The smallest absolute Gasteiger partial charge is 0.321 e. The lowest BCUT2D eigenvalue weighted by Gasteiger charge is -2.13. The number of methoxy groups -OCH3 is 1. The predicted octanol–water partition coefficient (Wildman–Crippen LogP) is 2.21.